The van der Waals surface area contributed by atoms with Crippen molar-refractivity contribution >= 4 is 31.8 Å². The summed E-state index contributed by atoms with van der Waals surface area (Å²) in [7, 11) is -0.0925. The highest BCUT2D eigenvalue weighted by molar-refractivity contribution is 9.10. The molecule has 5 nitrogen and oxygen atoms in total. The molecule has 0 aromatic heterocycles. The molecule has 108 valence electrons. The van der Waals surface area contributed by atoms with Crippen LogP contribution in [0.5, 0.6) is 0 Å². The van der Waals surface area contributed by atoms with E-state index in [1.165, 1.54) is 4.31 Å². The molecule has 7 heteroatoms. The molecule has 0 aliphatic rings. The molecule has 0 radical (unpaired) electrons. The van der Waals surface area contributed by atoms with Crippen molar-refractivity contribution in [1.29, 1.82) is 0 Å². The van der Waals surface area contributed by atoms with Crippen molar-refractivity contribution < 1.29 is 8.42 Å². The summed E-state index contributed by atoms with van der Waals surface area (Å²) < 4.78 is 28.9. The summed E-state index contributed by atoms with van der Waals surface area (Å²) in [5, 5.41) is 2.99. The number of halogens is 1. The van der Waals surface area contributed by atoms with Gasteiger partial charge in [-0.3, -0.25) is 4.72 Å². The van der Waals surface area contributed by atoms with Crippen LogP contribution in [-0.2, 0) is 10.2 Å². The third-order valence-electron chi connectivity index (χ3n) is 2.67. The third-order valence-corrected chi connectivity index (χ3v) is 4.84. The highest BCUT2D eigenvalue weighted by atomic mass is 79.9. The van der Waals surface area contributed by atoms with Crippen molar-refractivity contribution in [2.24, 2.45) is 0 Å². The number of benzene rings is 1. The second-order valence-electron chi connectivity index (χ2n) is 4.37. The van der Waals surface area contributed by atoms with Crippen LogP contribution in [0.2, 0.25) is 0 Å². The van der Waals surface area contributed by atoms with Crippen LogP contribution >= 0.6 is 15.9 Å². The van der Waals surface area contributed by atoms with Crippen molar-refractivity contribution in [2.75, 3.05) is 31.9 Å². The number of anilines is 1. The molecule has 2 N–H and O–H groups in total. The van der Waals surface area contributed by atoms with E-state index >= 15 is 0 Å². The lowest BCUT2D eigenvalue weighted by Gasteiger charge is -2.19. The van der Waals surface area contributed by atoms with E-state index in [0.717, 1.165) is 23.0 Å². The Morgan fingerprint density at radius 2 is 2.05 bits per heavy atom. The van der Waals surface area contributed by atoms with Crippen molar-refractivity contribution in [3.8, 4) is 0 Å². The molecule has 0 fully saturated rings. The van der Waals surface area contributed by atoms with E-state index in [-0.39, 0.29) is 0 Å². The Labute approximate surface area is 123 Å². The fraction of sp³-hybridized carbons (Fsp3) is 0.500. The lowest BCUT2D eigenvalue weighted by Crippen LogP contribution is -2.34. The van der Waals surface area contributed by atoms with E-state index in [1.54, 1.807) is 13.1 Å². The number of hydrogen-bond acceptors (Lipinski definition) is 3. The lowest BCUT2D eigenvalue weighted by atomic mass is 10.2. The van der Waals surface area contributed by atoms with Crippen molar-refractivity contribution in [3.05, 3.63) is 28.2 Å². The smallest absolute Gasteiger partial charge is 0.301 e. The van der Waals surface area contributed by atoms with Crippen molar-refractivity contribution in [2.45, 2.75) is 13.3 Å². The van der Waals surface area contributed by atoms with Crippen LogP contribution in [-0.4, -0.2) is 39.9 Å². The van der Waals surface area contributed by atoms with Crippen molar-refractivity contribution in [3.63, 3.8) is 0 Å². The van der Waals surface area contributed by atoms with Gasteiger partial charge >= 0.3 is 10.2 Å². The number of nitrogens with zero attached hydrogens (tertiary/aromatic N) is 1. The van der Waals surface area contributed by atoms with Crippen LogP contribution in [0.3, 0.4) is 0 Å². The van der Waals surface area contributed by atoms with Gasteiger partial charge in [0.05, 0.1) is 5.69 Å². The molecule has 19 heavy (non-hydrogen) atoms. The first-order valence-corrected chi connectivity index (χ1v) is 8.25. The minimum Gasteiger partial charge on any atom is -0.320 e. The van der Waals surface area contributed by atoms with Crippen LogP contribution in [0.4, 0.5) is 5.69 Å². The monoisotopic (exact) mass is 349 g/mol. The van der Waals surface area contributed by atoms with Gasteiger partial charge in [0.25, 0.3) is 0 Å². The quantitative estimate of drug-likeness (QED) is 0.739. The van der Waals surface area contributed by atoms with Gasteiger partial charge in [-0.1, -0.05) is 6.07 Å². The van der Waals surface area contributed by atoms with Gasteiger partial charge < -0.3 is 5.32 Å². The molecule has 0 amide bonds. The molecule has 0 spiro atoms. The summed E-state index contributed by atoms with van der Waals surface area (Å²) >= 11 is 3.34. The average Bonchev–Trinajstić information content (AvgIpc) is 2.33. The Hall–Kier alpha value is -0.630. The fourth-order valence-corrected chi connectivity index (χ4v) is 2.98. The third kappa shape index (κ3) is 5.10. The van der Waals surface area contributed by atoms with E-state index in [0.29, 0.717) is 12.2 Å². The topological polar surface area (TPSA) is 61.4 Å². The first-order chi connectivity index (χ1) is 8.86. The molecule has 0 saturated carbocycles. The Balaban J connectivity index is 2.75. The van der Waals surface area contributed by atoms with Crippen LogP contribution in [0.25, 0.3) is 0 Å². The normalized spacial score (nSPS) is 11.8. The highest BCUT2D eigenvalue weighted by Crippen LogP contribution is 2.24. The minimum atomic E-state index is -3.51. The number of rotatable bonds is 7. The molecule has 1 rings (SSSR count). The molecule has 0 heterocycles. The summed E-state index contributed by atoms with van der Waals surface area (Å²) in [5.41, 5.74) is 1.55. The van der Waals surface area contributed by atoms with Crippen LogP contribution in [0.15, 0.2) is 22.7 Å². The van der Waals surface area contributed by atoms with Gasteiger partial charge in [0.2, 0.25) is 0 Å². The SMILES string of the molecule is CNCCCN(C)S(=O)(=O)Nc1cc(C)ccc1Br. The second-order valence-corrected chi connectivity index (χ2v) is 7.00. The molecule has 0 aliphatic heterocycles. The standard InChI is InChI=1S/C12H20BrN3O2S/c1-10-5-6-11(13)12(9-10)15-19(17,18)16(3)8-4-7-14-2/h5-6,9,14-15H,4,7-8H2,1-3H3. The summed E-state index contributed by atoms with van der Waals surface area (Å²) in [6, 6.07) is 5.54. The van der Waals surface area contributed by atoms with Gasteiger partial charge in [-0.05, 0) is 60.6 Å². The maximum absolute atomic E-state index is 12.1. The zero-order valence-electron chi connectivity index (χ0n) is 11.4. The van der Waals surface area contributed by atoms with E-state index in [9.17, 15) is 8.42 Å². The summed E-state index contributed by atoms with van der Waals surface area (Å²) in [6.45, 7) is 3.18. The predicted molar refractivity (Wildman–Crippen MR) is 82.6 cm³/mol. The van der Waals surface area contributed by atoms with Crippen LogP contribution in [0.1, 0.15) is 12.0 Å². The van der Waals surface area contributed by atoms with Crippen molar-refractivity contribution in [1.82, 2.24) is 9.62 Å². The molecular weight excluding hydrogens is 330 g/mol. The molecule has 0 atom stereocenters. The Bertz CT molecular complexity index is 520. The Morgan fingerprint density at radius 3 is 2.68 bits per heavy atom. The molecule has 1 aromatic rings. The lowest BCUT2D eigenvalue weighted by molar-refractivity contribution is 0.462. The minimum absolute atomic E-state index is 0.472. The average molecular weight is 350 g/mol. The summed E-state index contributed by atoms with van der Waals surface area (Å²) in [6.07, 6.45) is 0.767. The number of hydrogen-bond donors (Lipinski definition) is 2. The Morgan fingerprint density at radius 1 is 1.37 bits per heavy atom. The van der Waals surface area contributed by atoms with Crippen LogP contribution < -0.4 is 10.0 Å². The largest absolute Gasteiger partial charge is 0.320 e. The van der Waals surface area contributed by atoms with Gasteiger partial charge in [0.15, 0.2) is 0 Å². The Kier molecular flexibility index (Phi) is 6.25. The van der Waals surface area contributed by atoms with E-state index in [2.05, 4.69) is 26.0 Å². The molecule has 1 aromatic carbocycles. The van der Waals surface area contributed by atoms with Gasteiger partial charge in [0.1, 0.15) is 0 Å². The van der Waals surface area contributed by atoms with Crippen LogP contribution in [0, 0.1) is 6.92 Å². The van der Waals surface area contributed by atoms with E-state index in [1.807, 2.05) is 26.1 Å². The molecule has 0 aliphatic carbocycles. The predicted octanol–water partition coefficient (Wildman–Crippen LogP) is 1.96. The van der Waals surface area contributed by atoms with Gasteiger partial charge in [-0.2, -0.15) is 12.7 Å². The number of nitrogens with one attached hydrogen (secondary N) is 2. The highest BCUT2D eigenvalue weighted by Gasteiger charge is 2.18. The molecule has 0 bridgehead atoms. The second kappa shape index (κ2) is 7.23. The van der Waals surface area contributed by atoms with E-state index in [4.69, 9.17) is 0 Å². The first kappa shape index (κ1) is 16.4. The molecule has 0 unspecified atom stereocenters. The molecular formula is C12H20BrN3O2S. The zero-order chi connectivity index (χ0) is 14.5. The fourth-order valence-electron chi connectivity index (χ4n) is 1.53. The maximum atomic E-state index is 12.1. The van der Waals surface area contributed by atoms with Gasteiger partial charge in [-0.15, -0.1) is 0 Å². The zero-order valence-corrected chi connectivity index (χ0v) is 13.8. The molecule has 0 saturated heterocycles. The van der Waals surface area contributed by atoms with E-state index < -0.39 is 10.2 Å². The number of aryl methyl sites for hydroxylation is 1. The van der Waals surface area contributed by atoms with Gasteiger partial charge in [-0.25, -0.2) is 0 Å². The maximum Gasteiger partial charge on any atom is 0.301 e. The summed E-state index contributed by atoms with van der Waals surface area (Å²) in [4.78, 5) is 0. The first-order valence-electron chi connectivity index (χ1n) is 6.01. The summed E-state index contributed by atoms with van der Waals surface area (Å²) in [5.74, 6) is 0. The van der Waals surface area contributed by atoms with Gasteiger partial charge in [0, 0.05) is 18.1 Å².